The van der Waals surface area contributed by atoms with Crippen LogP contribution in [-0.2, 0) is 16.0 Å². The maximum atomic E-state index is 11.8. The standard InChI is InChI=1S/C15H22N2O3/c1-2-11-3-4-14(13(16)9-11)20-10-15(18)17-12-5-7-19-8-6-12/h3-4,9,12H,2,5-8,10,16H2,1H3,(H,17,18). The third-order valence-corrected chi connectivity index (χ3v) is 3.43. The third kappa shape index (κ3) is 4.13. The summed E-state index contributed by atoms with van der Waals surface area (Å²) in [5.74, 6) is 0.445. The average molecular weight is 278 g/mol. The number of amides is 1. The summed E-state index contributed by atoms with van der Waals surface area (Å²) in [6, 6.07) is 5.85. The van der Waals surface area contributed by atoms with E-state index in [9.17, 15) is 4.79 Å². The number of nitrogens with one attached hydrogen (secondary N) is 1. The van der Waals surface area contributed by atoms with Crippen LogP contribution in [-0.4, -0.2) is 31.8 Å². The van der Waals surface area contributed by atoms with Crippen LogP contribution in [0.25, 0.3) is 0 Å². The number of nitrogen functional groups attached to an aromatic ring is 1. The highest BCUT2D eigenvalue weighted by Crippen LogP contribution is 2.22. The van der Waals surface area contributed by atoms with Gasteiger partial charge >= 0.3 is 0 Å². The van der Waals surface area contributed by atoms with Crippen LogP contribution in [0, 0.1) is 0 Å². The molecule has 1 amide bonds. The number of carbonyl (C=O) groups is 1. The minimum Gasteiger partial charge on any atom is -0.482 e. The second-order valence-corrected chi connectivity index (χ2v) is 4.97. The van der Waals surface area contributed by atoms with Crippen LogP contribution in [0.3, 0.4) is 0 Å². The van der Waals surface area contributed by atoms with Crippen molar-refractivity contribution in [2.45, 2.75) is 32.2 Å². The molecule has 3 N–H and O–H groups in total. The zero-order chi connectivity index (χ0) is 14.4. The Hall–Kier alpha value is -1.75. The molecule has 0 unspecified atom stereocenters. The largest absolute Gasteiger partial charge is 0.482 e. The summed E-state index contributed by atoms with van der Waals surface area (Å²) in [6.45, 7) is 3.47. The Balaban J connectivity index is 1.80. The van der Waals surface area contributed by atoms with Crippen LogP contribution in [0.4, 0.5) is 5.69 Å². The van der Waals surface area contributed by atoms with E-state index < -0.39 is 0 Å². The molecule has 1 heterocycles. The first kappa shape index (κ1) is 14.7. The molecule has 110 valence electrons. The molecule has 1 saturated heterocycles. The molecule has 5 nitrogen and oxygen atoms in total. The summed E-state index contributed by atoms with van der Waals surface area (Å²) in [4.78, 5) is 11.8. The molecule has 1 aliphatic heterocycles. The highest BCUT2D eigenvalue weighted by Gasteiger charge is 2.16. The van der Waals surface area contributed by atoms with E-state index in [-0.39, 0.29) is 18.6 Å². The average Bonchev–Trinajstić information content (AvgIpc) is 2.47. The summed E-state index contributed by atoms with van der Waals surface area (Å²) in [5.41, 5.74) is 7.62. The Morgan fingerprint density at radius 2 is 2.20 bits per heavy atom. The van der Waals surface area contributed by atoms with Gasteiger partial charge in [0.1, 0.15) is 5.75 Å². The molecule has 0 aromatic heterocycles. The van der Waals surface area contributed by atoms with E-state index in [0.717, 1.165) is 24.8 Å². The second kappa shape index (κ2) is 7.14. The summed E-state index contributed by atoms with van der Waals surface area (Å²) in [7, 11) is 0. The van der Waals surface area contributed by atoms with E-state index in [4.69, 9.17) is 15.2 Å². The number of ether oxygens (including phenoxy) is 2. The van der Waals surface area contributed by atoms with Crippen LogP contribution in [0.1, 0.15) is 25.3 Å². The molecule has 1 fully saturated rings. The van der Waals surface area contributed by atoms with Crippen molar-refractivity contribution in [1.29, 1.82) is 0 Å². The maximum absolute atomic E-state index is 11.8. The van der Waals surface area contributed by atoms with Crippen molar-refractivity contribution in [1.82, 2.24) is 5.32 Å². The number of anilines is 1. The van der Waals surface area contributed by atoms with Crippen molar-refractivity contribution in [2.75, 3.05) is 25.6 Å². The maximum Gasteiger partial charge on any atom is 0.258 e. The second-order valence-electron chi connectivity index (χ2n) is 4.97. The van der Waals surface area contributed by atoms with E-state index >= 15 is 0 Å². The van der Waals surface area contributed by atoms with Gasteiger partial charge in [0.25, 0.3) is 5.91 Å². The molecule has 20 heavy (non-hydrogen) atoms. The summed E-state index contributed by atoms with van der Waals surface area (Å²) in [6.07, 6.45) is 2.65. The van der Waals surface area contributed by atoms with Crippen LogP contribution < -0.4 is 15.8 Å². The van der Waals surface area contributed by atoms with E-state index in [1.165, 1.54) is 0 Å². The number of hydrogen-bond donors (Lipinski definition) is 2. The first-order chi connectivity index (χ1) is 9.69. The van der Waals surface area contributed by atoms with Gasteiger partial charge in [0.2, 0.25) is 0 Å². The minimum absolute atomic E-state index is 0.00692. The third-order valence-electron chi connectivity index (χ3n) is 3.43. The molecule has 0 atom stereocenters. The zero-order valence-corrected chi connectivity index (χ0v) is 11.9. The predicted molar refractivity (Wildman–Crippen MR) is 77.7 cm³/mol. The predicted octanol–water partition coefficient (Wildman–Crippen LogP) is 1.51. The summed E-state index contributed by atoms with van der Waals surface area (Å²) < 4.78 is 10.7. The smallest absolute Gasteiger partial charge is 0.258 e. The number of carbonyl (C=O) groups excluding carboxylic acids is 1. The van der Waals surface area contributed by atoms with Crippen LogP contribution in [0.15, 0.2) is 18.2 Å². The quantitative estimate of drug-likeness (QED) is 0.801. The van der Waals surface area contributed by atoms with Crippen molar-refractivity contribution in [2.24, 2.45) is 0 Å². The Morgan fingerprint density at radius 1 is 1.45 bits per heavy atom. The van der Waals surface area contributed by atoms with Crippen molar-refractivity contribution < 1.29 is 14.3 Å². The number of nitrogens with two attached hydrogens (primary N) is 1. The van der Waals surface area contributed by atoms with Crippen molar-refractivity contribution >= 4 is 11.6 Å². The van der Waals surface area contributed by atoms with Gasteiger partial charge in [-0.1, -0.05) is 13.0 Å². The highest BCUT2D eigenvalue weighted by atomic mass is 16.5. The lowest BCUT2D eigenvalue weighted by atomic mass is 10.1. The molecule has 0 bridgehead atoms. The molecule has 1 aromatic rings. The van der Waals surface area contributed by atoms with Crippen LogP contribution in [0.5, 0.6) is 5.75 Å². The number of benzene rings is 1. The first-order valence-electron chi connectivity index (χ1n) is 7.07. The lowest BCUT2D eigenvalue weighted by molar-refractivity contribution is -0.124. The van der Waals surface area contributed by atoms with E-state index in [2.05, 4.69) is 12.2 Å². The summed E-state index contributed by atoms with van der Waals surface area (Å²) >= 11 is 0. The van der Waals surface area contributed by atoms with Gasteiger partial charge in [-0.3, -0.25) is 4.79 Å². The SMILES string of the molecule is CCc1ccc(OCC(=O)NC2CCOCC2)c(N)c1. The first-order valence-corrected chi connectivity index (χ1v) is 7.07. The van der Waals surface area contributed by atoms with Crippen molar-refractivity contribution in [3.05, 3.63) is 23.8 Å². The molecular weight excluding hydrogens is 256 g/mol. The molecule has 0 spiro atoms. The number of hydrogen-bond acceptors (Lipinski definition) is 4. The van der Waals surface area contributed by atoms with E-state index in [1.807, 2.05) is 18.2 Å². The Bertz CT molecular complexity index is 456. The van der Waals surface area contributed by atoms with Gasteiger partial charge in [-0.05, 0) is 37.0 Å². The minimum atomic E-state index is -0.115. The van der Waals surface area contributed by atoms with Crippen LogP contribution >= 0.6 is 0 Å². The van der Waals surface area contributed by atoms with Gasteiger partial charge in [0, 0.05) is 19.3 Å². The molecule has 0 saturated carbocycles. The number of aryl methyl sites for hydroxylation is 1. The Morgan fingerprint density at radius 3 is 2.85 bits per heavy atom. The van der Waals surface area contributed by atoms with Gasteiger partial charge in [-0.2, -0.15) is 0 Å². The highest BCUT2D eigenvalue weighted by molar-refractivity contribution is 5.78. The number of rotatable bonds is 5. The molecular formula is C15H22N2O3. The van der Waals surface area contributed by atoms with Crippen molar-refractivity contribution in [3.8, 4) is 5.75 Å². The van der Waals surface area contributed by atoms with Gasteiger partial charge in [0.05, 0.1) is 5.69 Å². The van der Waals surface area contributed by atoms with Crippen molar-refractivity contribution in [3.63, 3.8) is 0 Å². The fraction of sp³-hybridized carbons (Fsp3) is 0.533. The van der Waals surface area contributed by atoms with E-state index in [1.54, 1.807) is 0 Å². The molecule has 5 heteroatoms. The fourth-order valence-corrected chi connectivity index (χ4v) is 2.20. The lowest BCUT2D eigenvalue weighted by Gasteiger charge is -2.23. The molecule has 0 radical (unpaired) electrons. The fourth-order valence-electron chi connectivity index (χ4n) is 2.20. The molecule has 1 aromatic carbocycles. The van der Waals surface area contributed by atoms with Gasteiger partial charge in [-0.15, -0.1) is 0 Å². The van der Waals surface area contributed by atoms with Gasteiger partial charge in [-0.25, -0.2) is 0 Å². The van der Waals surface area contributed by atoms with Crippen LogP contribution in [0.2, 0.25) is 0 Å². The normalized spacial score (nSPS) is 15.8. The molecule has 2 rings (SSSR count). The molecule has 1 aliphatic rings. The monoisotopic (exact) mass is 278 g/mol. The Kier molecular flexibility index (Phi) is 5.24. The summed E-state index contributed by atoms with van der Waals surface area (Å²) in [5, 5.41) is 2.95. The van der Waals surface area contributed by atoms with Gasteiger partial charge in [0.15, 0.2) is 6.61 Å². The topological polar surface area (TPSA) is 73.6 Å². The zero-order valence-electron chi connectivity index (χ0n) is 11.9. The van der Waals surface area contributed by atoms with E-state index in [0.29, 0.717) is 24.7 Å². The molecule has 0 aliphatic carbocycles. The van der Waals surface area contributed by atoms with Gasteiger partial charge < -0.3 is 20.5 Å². The lowest BCUT2D eigenvalue weighted by Crippen LogP contribution is -2.41. The Labute approximate surface area is 119 Å².